The maximum absolute atomic E-state index is 14.1. The number of halogens is 2. The number of ether oxygens (including phenoxy) is 2. The highest BCUT2D eigenvalue weighted by Crippen LogP contribution is 2.23. The van der Waals surface area contributed by atoms with E-state index >= 15 is 0 Å². The number of aromatic nitrogens is 2. The van der Waals surface area contributed by atoms with Crippen molar-refractivity contribution >= 4 is 23.5 Å². The number of carbonyl (C=O) groups is 2. The molecule has 0 aliphatic heterocycles. The van der Waals surface area contributed by atoms with Crippen LogP contribution in [-0.2, 0) is 29.3 Å². The SMILES string of the molecule is O=C(Cn1nc(C(=O)O)cc1OCc1cc(Cl)ccc1F)NC1CCCCC1OCc1ccccc1. The van der Waals surface area contributed by atoms with Gasteiger partial charge in [-0.1, -0.05) is 54.8 Å². The summed E-state index contributed by atoms with van der Waals surface area (Å²) in [6.07, 6.45) is 3.48. The molecule has 1 aliphatic carbocycles. The lowest BCUT2D eigenvalue weighted by atomic mass is 9.92. The minimum Gasteiger partial charge on any atom is -0.476 e. The Hall–Kier alpha value is -3.43. The van der Waals surface area contributed by atoms with Crippen LogP contribution in [0, 0.1) is 5.82 Å². The van der Waals surface area contributed by atoms with Crippen LogP contribution in [0.15, 0.2) is 54.6 Å². The lowest BCUT2D eigenvalue weighted by Crippen LogP contribution is -2.47. The molecule has 36 heavy (non-hydrogen) atoms. The third kappa shape index (κ3) is 6.83. The molecule has 2 N–H and O–H groups in total. The minimum absolute atomic E-state index is 0.0300. The van der Waals surface area contributed by atoms with Gasteiger partial charge in [-0.3, -0.25) is 4.79 Å². The zero-order valence-corrected chi connectivity index (χ0v) is 20.3. The van der Waals surface area contributed by atoms with Crippen LogP contribution in [0.2, 0.25) is 5.02 Å². The second-order valence-corrected chi connectivity index (χ2v) is 9.08. The van der Waals surface area contributed by atoms with E-state index in [-0.39, 0.29) is 48.3 Å². The van der Waals surface area contributed by atoms with Gasteiger partial charge in [-0.25, -0.2) is 13.9 Å². The first-order valence-corrected chi connectivity index (χ1v) is 12.1. The van der Waals surface area contributed by atoms with Crippen molar-refractivity contribution in [3.05, 3.63) is 82.3 Å². The summed E-state index contributed by atoms with van der Waals surface area (Å²) in [5, 5.41) is 16.7. The summed E-state index contributed by atoms with van der Waals surface area (Å²) in [6.45, 7) is -0.0175. The van der Waals surface area contributed by atoms with Crippen molar-refractivity contribution in [2.75, 3.05) is 0 Å². The van der Waals surface area contributed by atoms with Gasteiger partial charge >= 0.3 is 5.97 Å². The number of rotatable bonds is 10. The van der Waals surface area contributed by atoms with Crippen molar-refractivity contribution in [3.63, 3.8) is 0 Å². The number of amides is 1. The Kier molecular flexibility index (Phi) is 8.56. The van der Waals surface area contributed by atoms with Gasteiger partial charge in [-0.05, 0) is 36.6 Å². The molecule has 2 aromatic carbocycles. The molecule has 190 valence electrons. The van der Waals surface area contributed by atoms with Gasteiger partial charge in [0.05, 0.1) is 18.8 Å². The van der Waals surface area contributed by atoms with Crippen LogP contribution < -0.4 is 10.1 Å². The Balaban J connectivity index is 1.40. The van der Waals surface area contributed by atoms with Crippen molar-refractivity contribution in [1.82, 2.24) is 15.1 Å². The summed E-state index contributed by atoms with van der Waals surface area (Å²) in [4.78, 5) is 24.3. The van der Waals surface area contributed by atoms with Crippen LogP contribution in [0.25, 0.3) is 0 Å². The molecule has 1 fully saturated rings. The molecule has 0 radical (unpaired) electrons. The van der Waals surface area contributed by atoms with Crippen molar-refractivity contribution in [1.29, 1.82) is 0 Å². The predicted molar refractivity (Wildman–Crippen MR) is 130 cm³/mol. The highest BCUT2D eigenvalue weighted by molar-refractivity contribution is 6.30. The molecule has 4 rings (SSSR count). The molecule has 0 bridgehead atoms. The smallest absolute Gasteiger partial charge is 0.356 e. The third-order valence-electron chi connectivity index (χ3n) is 5.99. The number of nitrogens with zero attached hydrogens (tertiary/aromatic N) is 2. The molecule has 8 nitrogen and oxygen atoms in total. The second-order valence-electron chi connectivity index (χ2n) is 8.65. The van der Waals surface area contributed by atoms with Gasteiger partial charge in [0.2, 0.25) is 11.8 Å². The van der Waals surface area contributed by atoms with E-state index in [9.17, 15) is 19.1 Å². The molecule has 1 aliphatic rings. The summed E-state index contributed by atoms with van der Waals surface area (Å²) >= 11 is 5.93. The molecule has 0 saturated heterocycles. The molecule has 10 heteroatoms. The fourth-order valence-corrected chi connectivity index (χ4v) is 4.36. The van der Waals surface area contributed by atoms with E-state index in [4.69, 9.17) is 21.1 Å². The summed E-state index contributed by atoms with van der Waals surface area (Å²) in [7, 11) is 0. The molecule has 1 aromatic heterocycles. The van der Waals surface area contributed by atoms with Gasteiger partial charge < -0.3 is 19.9 Å². The standard InChI is InChI=1S/C26H27ClFN3O5/c27-19-10-11-20(28)18(12-19)16-36-25-13-22(26(33)34)30-31(25)14-24(32)29-21-8-4-5-9-23(21)35-15-17-6-2-1-3-7-17/h1-3,6-7,10-13,21,23H,4-5,8-9,14-16H2,(H,29,32)(H,33,34). The van der Waals surface area contributed by atoms with Crippen LogP contribution in [0.3, 0.4) is 0 Å². The number of hydrogen-bond acceptors (Lipinski definition) is 5. The van der Waals surface area contributed by atoms with E-state index < -0.39 is 11.8 Å². The Bertz CT molecular complexity index is 1200. The summed E-state index contributed by atoms with van der Waals surface area (Å²) in [6, 6.07) is 14.9. The fourth-order valence-electron chi connectivity index (χ4n) is 4.17. The number of nitrogens with one attached hydrogen (secondary N) is 1. The Morgan fingerprint density at radius 2 is 1.89 bits per heavy atom. The maximum Gasteiger partial charge on any atom is 0.356 e. The zero-order chi connectivity index (χ0) is 25.5. The first kappa shape index (κ1) is 25.7. The van der Waals surface area contributed by atoms with Gasteiger partial charge in [-0.15, -0.1) is 0 Å². The van der Waals surface area contributed by atoms with Crippen molar-refractivity contribution < 1.29 is 28.6 Å². The van der Waals surface area contributed by atoms with Gasteiger partial charge in [0.15, 0.2) is 5.69 Å². The summed E-state index contributed by atoms with van der Waals surface area (Å²) < 4.78 is 26.9. The minimum atomic E-state index is -1.27. The van der Waals surface area contributed by atoms with E-state index in [0.717, 1.165) is 35.9 Å². The molecular formula is C26H27ClFN3O5. The Labute approximate surface area is 213 Å². The summed E-state index contributed by atoms with van der Waals surface area (Å²) in [5.74, 6) is -2.11. The van der Waals surface area contributed by atoms with Gasteiger partial charge in [0.25, 0.3) is 0 Å². The number of carbonyl (C=O) groups excluding carboxylic acids is 1. The molecule has 2 atom stereocenters. The average Bonchev–Trinajstić information content (AvgIpc) is 3.27. The molecule has 3 aromatic rings. The van der Waals surface area contributed by atoms with E-state index in [1.54, 1.807) is 0 Å². The second kappa shape index (κ2) is 12.0. The molecule has 1 heterocycles. The highest BCUT2D eigenvalue weighted by Gasteiger charge is 2.28. The highest BCUT2D eigenvalue weighted by atomic mass is 35.5. The van der Waals surface area contributed by atoms with Crippen molar-refractivity contribution in [2.45, 2.75) is 57.6 Å². The molecule has 0 spiro atoms. The number of carboxylic acids is 1. The number of aromatic carboxylic acids is 1. The van der Waals surface area contributed by atoms with E-state index in [2.05, 4.69) is 10.4 Å². The van der Waals surface area contributed by atoms with Crippen LogP contribution in [0.1, 0.15) is 47.3 Å². The topological polar surface area (TPSA) is 103 Å². The molecule has 2 unspecified atom stereocenters. The van der Waals surface area contributed by atoms with Gasteiger partial charge in [0.1, 0.15) is 19.0 Å². The number of carboxylic acid groups (broad SMARTS) is 1. The normalized spacial score (nSPS) is 17.5. The monoisotopic (exact) mass is 515 g/mol. The van der Waals surface area contributed by atoms with Crippen LogP contribution in [0.5, 0.6) is 5.88 Å². The van der Waals surface area contributed by atoms with E-state index in [0.29, 0.717) is 11.6 Å². The van der Waals surface area contributed by atoms with Gasteiger partial charge in [-0.2, -0.15) is 5.10 Å². The van der Waals surface area contributed by atoms with E-state index in [1.165, 1.54) is 24.3 Å². The van der Waals surface area contributed by atoms with Crippen LogP contribution in [0.4, 0.5) is 4.39 Å². The van der Waals surface area contributed by atoms with Gasteiger partial charge in [0, 0.05) is 16.7 Å². The summed E-state index contributed by atoms with van der Waals surface area (Å²) in [5.41, 5.74) is 0.965. The van der Waals surface area contributed by atoms with Crippen LogP contribution >= 0.6 is 11.6 Å². The number of benzene rings is 2. The maximum atomic E-state index is 14.1. The Morgan fingerprint density at radius 1 is 1.11 bits per heavy atom. The quantitative estimate of drug-likeness (QED) is 0.409. The van der Waals surface area contributed by atoms with Crippen molar-refractivity contribution in [3.8, 4) is 5.88 Å². The van der Waals surface area contributed by atoms with Crippen LogP contribution in [-0.4, -0.2) is 38.9 Å². The largest absolute Gasteiger partial charge is 0.476 e. The molecule has 1 saturated carbocycles. The first-order chi connectivity index (χ1) is 17.4. The lowest BCUT2D eigenvalue weighted by molar-refractivity contribution is -0.124. The average molecular weight is 516 g/mol. The Morgan fingerprint density at radius 3 is 2.67 bits per heavy atom. The fraction of sp³-hybridized carbons (Fsp3) is 0.346. The van der Waals surface area contributed by atoms with Crippen molar-refractivity contribution in [2.24, 2.45) is 0 Å². The molecule has 1 amide bonds. The number of hydrogen-bond donors (Lipinski definition) is 2. The third-order valence-corrected chi connectivity index (χ3v) is 6.23. The predicted octanol–water partition coefficient (Wildman–Crippen LogP) is 4.60. The first-order valence-electron chi connectivity index (χ1n) is 11.7. The van der Waals surface area contributed by atoms with E-state index in [1.807, 2.05) is 30.3 Å². The lowest BCUT2D eigenvalue weighted by Gasteiger charge is -2.32. The zero-order valence-electron chi connectivity index (χ0n) is 19.5. The molecular weight excluding hydrogens is 489 g/mol.